The molecule has 1 aliphatic rings. The van der Waals surface area contributed by atoms with Gasteiger partial charge < -0.3 is 10.4 Å². The zero-order chi connectivity index (χ0) is 12.7. The molecule has 0 saturated heterocycles. The topological polar surface area (TPSA) is 49.3 Å². The summed E-state index contributed by atoms with van der Waals surface area (Å²) in [7, 11) is 0. The molecule has 1 rings (SSSR count). The van der Waals surface area contributed by atoms with Crippen molar-refractivity contribution in [2.75, 3.05) is 6.54 Å². The van der Waals surface area contributed by atoms with E-state index in [4.69, 9.17) is 5.11 Å². The molecule has 1 fully saturated rings. The first-order valence-corrected chi connectivity index (χ1v) is 7.07. The molecule has 1 aliphatic carbocycles. The van der Waals surface area contributed by atoms with Crippen LogP contribution in [0.25, 0.3) is 0 Å². The highest BCUT2D eigenvalue weighted by molar-refractivity contribution is 5.73. The van der Waals surface area contributed by atoms with Crippen LogP contribution in [0.15, 0.2) is 0 Å². The Kier molecular flexibility index (Phi) is 6.56. The highest BCUT2D eigenvalue weighted by Gasteiger charge is 2.20. The SMILES string of the molecule is CC(C)[C@@H](NCCCC1CCCCC1)C(=O)O. The lowest BCUT2D eigenvalue weighted by atomic mass is 9.86. The van der Waals surface area contributed by atoms with E-state index in [-0.39, 0.29) is 12.0 Å². The minimum atomic E-state index is -0.724. The Morgan fingerprint density at radius 1 is 1.29 bits per heavy atom. The molecular formula is C14H27NO2. The summed E-state index contributed by atoms with van der Waals surface area (Å²) in [6, 6.07) is -0.388. The van der Waals surface area contributed by atoms with E-state index in [2.05, 4.69) is 5.32 Å². The lowest BCUT2D eigenvalue weighted by molar-refractivity contribution is -0.140. The number of aliphatic carboxylic acids is 1. The molecule has 0 aromatic heterocycles. The van der Waals surface area contributed by atoms with Crippen LogP contribution in [0.2, 0.25) is 0 Å². The maximum Gasteiger partial charge on any atom is 0.320 e. The maximum absolute atomic E-state index is 11.0. The first-order valence-electron chi connectivity index (χ1n) is 7.07. The summed E-state index contributed by atoms with van der Waals surface area (Å²) in [5, 5.41) is 12.2. The van der Waals surface area contributed by atoms with E-state index < -0.39 is 5.97 Å². The average molecular weight is 241 g/mol. The normalized spacial score (nSPS) is 19.5. The summed E-state index contributed by atoms with van der Waals surface area (Å²) >= 11 is 0. The molecule has 0 heterocycles. The van der Waals surface area contributed by atoms with E-state index >= 15 is 0 Å². The largest absolute Gasteiger partial charge is 0.480 e. The van der Waals surface area contributed by atoms with Crippen LogP contribution >= 0.6 is 0 Å². The van der Waals surface area contributed by atoms with Crippen molar-refractivity contribution >= 4 is 5.97 Å². The Morgan fingerprint density at radius 2 is 1.94 bits per heavy atom. The van der Waals surface area contributed by atoms with Crippen molar-refractivity contribution in [3.63, 3.8) is 0 Å². The number of carboxylic acids is 1. The minimum Gasteiger partial charge on any atom is -0.480 e. The molecule has 1 saturated carbocycles. The van der Waals surface area contributed by atoms with Crippen LogP contribution < -0.4 is 5.32 Å². The maximum atomic E-state index is 11.0. The van der Waals surface area contributed by atoms with Crippen LogP contribution in [0.1, 0.15) is 58.8 Å². The van der Waals surface area contributed by atoms with E-state index in [1.807, 2.05) is 13.8 Å². The zero-order valence-corrected chi connectivity index (χ0v) is 11.2. The van der Waals surface area contributed by atoms with Gasteiger partial charge in [0, 0.05) is 0 Å². The Bertz CT molecular complexity index is 222. The Hall–Kier alpha value is -0.570. The van der Waals surface area contributed by atoms with Gasteiger partial charge in [-0.05, 0) is 31.2 Å². The fourth-order valence-corrected chi connectivity index (χ4v) is 2.73. The van der Waals surface area contributed by atoms with Gasteiger partial charge in [-0.3, -0.25) is 4.79 Å². The van der Waals surface area contributed by atoms with Crippen LogP contribution in [0.4, 0.5) is 0 Å². The standard InChI is InChI=1S/C14H27NO2/c1-11(2)13(14(16)17)15-10-6-9-12-7-4-3-5-8-12/h11-13,15H,3-10H2,1-2H3,(H,16,17)/t13-/m1/s1. The average Bonchev–Trinajstić information content (AvgIpc) is 2.29. The van der Waals surface area contributed by atoms with Crippen molar-refractivity contribution in [3.05, 3.63) is 0 Å². The van der Waals surface area contributed by atoms with Gasteiger partial charge in [-0.15, -0.1) is 0 Å². The number of hydrogen-bond donors (Lipinski definition) is 2. The molecular weight excluding hydrogens is 214 g/mol. The second-order valence-electron chi connectivity index (χ2n) is 5.66. The summed E-state index contributed by atoms with van der Waals surface area (Å²) < 4.78 is 0. The monoisotopic (exact) mass is 241 g/mol. The molecule has 100 valence electrons. The van der Waals surface area contributed by atoms with Crippen molar-refractivity contribution in [1.82, 2.24) is 5.32 Å². The number of nitrogens with one attached hydrogen (secondary N) is 1. The fraction of sp³-hybridized carbons (Fsp3) is 0.929. The van der Waals surface area contributed by atoms with Crippen LogP contribution in [-0.2, 0) is 4.79 Å². The Morgan fingerprint density at radius 3 is 2.47 bits per heavy atom. The molecule has 3 nitrogen and oxygen atoms in total. The number of rotatable bonds is 7. The quantitative estimate of drug-likeness (QED) is 0.674. The summed E-state index contributed by atoms with van der Waals surface area (Å²) in [6.45, 7) is 4.74. The smallest absolute Gasteiger partial charge is 0.320 e. The predicted octanol–water partition coefficient (Wildman–Crippen LogP) is 3.05. The van der Waals surface area contributed by atoms with E-state index in [1.54, 1.807) is 0 Å². The van der Waals surface area contributed by atoms with Gasteiger partial charge in [0.2, 0.25) is 0 Å². The number of carboxylic acid groups (broad SMARTS) is 1. The third-order valence-electron chi connectivity index (χ3n) is 3.81. The fourth-order valence-electron chi connectivity index (χ4n) is 2.73. The van der Waals surface area contributed by atoms with Gasteiger partial charge in [0.25, 0.3) is 0 Å². The third-order valence-corrected chi connectivity index (χ3v) is 3.81. The third kappa shape index (κ3) is 5.53. The highest BCUT2D eigenvalue weighted by Crippen LogP contribution is 2.26. The van der Waals surface area contributed by atoms with Crippen LogP contribution in [-0.4, -0.2) is 23.7 Å². The van der Waals surface area contributed by atoms with Crippen molar-refractivity contribution in [2.45, 2.75) is 64.8 Å². The summed E-state index contributed by atoms with van der Waals surface area (Å²) in [6.07, 6.45) is 9.32. The molecule has 0 aromatic carbocycles. The van der Waals surface area contributed by atoms with Crippen molar-refractivity contribution in [2.24, 2.45) is 11.8 Å². The van der Waals surface area contributed by atoms with Gasteiger partial charge >= 0.3 is 5.97 Å². The van der Waals surface area contributed by atoms with Crippen LogP contribution in [0, 0.1) is 11.8 Å². The van der Waals surface area contributed by atoms with E-state index in [1.165, 1.54) is 38.5 Å². The molecule has 0 unspecified atom stereocenters. The van der Waals surface area contributed by atoms with Gasteiger partial charge in [0.05, 0.1) is 0 Å². The van der Waals surface area contributed by atoms with Crippen LogP contribution in [0.3, 0.4) is 0 Å². The molecule has 17 heavy (non-hydrogen) atoms. The van der Waals surface area contributed by atoms with Gasteiger partial charge in [-0.1, -0.05) is 46.0 Å². The Labute approximate surface area is 105 Å². The van der Waals surface area contributed by atoms with Gasteiger partial charge in [-0.2, -0.15) is 0 Å². The van der Waals surface area contributed by atoms with E-state index in [9.17, 15) is 4.79 Å². The van der Waals surface area contributed by atoms with E-state index in [0.29, 0.717) is 0 Å². The number of carbonyl (C=O) groups is 1. The molecule has 0 radical (unpaired) electrons. The zero-order valence-electron chi connectivity index (χ0n) is 11.2. The molecule has 0 spiro atoms. The summed E-state index contributed by atoms with van der Waals surface area (Å²) in [5.41, 5.74) is 0. The molecule has 0 aliphatic heterocycles. The van der Waals surface area contributed by atoms with Gasteiger partial charge in [0.15, 0.2) is 0 Å². The number of hydrogen-bond acceptors (Lipinski definition) is 2. The molecule has 0 amide bonds. The molecule has 0 bridgehead atoms. The molecule has 1 atom stereocenters. The van der Waals surface area contributed by atoms with Crippen molar-refractivity contribution < 1.29 is 9.90 Å². The van der Waals surface area contributed by atoms with Gasteiger partial charge in [0.1, 0.15) is 6.04 Å². The minimum absolute atomic E-state index is 0.155. The predicted molar refractivity (Wildman–Crippen MR) is 70.1 cm³/mol. The van der Waals surface area contributed by atoms with Crippen LogP contribution in [0.5, 0.6) is 0 Å². The highest BCUT2D eigenvalue weighted by atomic mass is 16.4. The second-order valence-corrected chi connectivity index (χ2v) is 5.66. The van der Waals surface area contributed by atoms with E-state index in [0.717, 1.165) is 18.9 Å². The molecule has 3 heteroatoms. The molecule has 2 N–H and O–H groups in total. The van der Waals surface area contributed by atoms with Crippen molar-refractivity contribution in [1.29, 1.82) is 0 Å². The lowest BCUT2D eigenvalue weighted by Crippen LogP contribution is -2.41. The summed E-state index contributed by atoms with van der Waals surface area (Å²) in [4.78, 5) is 11.0. The first-order chi connectivity index (χ1) is 8.11. The second kappa shape index (κ2) is 7.70. The van der Waals surface area contributed by atoms with Crippen molar-refractivity contribution in [3.8, 4) is 0 Å². The van der Waals surface area contributed by atoms with Gasteiger partial charge in [-0.25, -0.2) is 0 Å². The summed E-state index contributed by atoms with van der Waals surface area (Å²) in [5.74, 6) is 0.327. The lowest BCUT2D eigenvalue weighted by Gasteiger charge is -2.22. The Balaban J connectivity index is 2.11. The first kappa shape index (κ1) is 14.5. The molecule has 0 aromatic rings.